The second kappa shape index (κ2) is 9.46. The van der Waals surface area contributed by atoms with Crippen molar-refractivity contribution in [2.45, 2.75) is 19.4 Å². The van der Waals surface area contributed by atoms with E-state index in [2.05, 4.69) is 0 Å². The zero-order valence-electron chi connectivity index (χ0n) is 15.3. The minimum Gasteiger partial charge on any atom is -0.508 e. The lowest BCUT2D eigenvalue weighted by atomic mass is 10.1. The van der Waals surface area contributed by atoms with E-state index in [0.29, 0.717) is 13.1 Å². The fraction of sp³-hybridized carbons (Fsp3) is 0.227. The number of carbonyl (C=O) groups is 1. The molecule has 6 heteroatoms. The fourth-order valence-electron chi connectivity index (χ4n) is 3.06. The summed E-state index contributed by atoms with van der Waals surface area (Å²) in [4.78, 5) is 13.7. The van der Waals surface area contributed by atoms with E-state index in [4.69, 9.17) is 0 Å². The highest BCUT2D eigenvalue weighted by molar-refractivity contribution is 8.03. The number of phenols is 1. The number of nitrogens with zero attached hydrogens (tertiary/aromatic N) is 1. The van der Waals surface area contributed by atoms with E-state index in [1.54, 1.807) is 36.4 Å². The van der Waals surface area contributed by atoms with Gasteiger partial charge >= 0.3 is 5.97 Å². The summed E-state index contributed by atoms with van der Waals surface area (Å²) < 4.78 is 13.0. The van der Waals surface area contributed by atoms with Crippen LogP contribution in [0.5, 0.6) is 5.75 Å². The molecule has 0 radical (unpaired) electrons. The number of hydrogen-bond acceptors (Lipinski definition) is 4. The van der Waals surface area contributed by atoms with E-state index >= 15 is 0 Å². The van der Waals surface area contributed by atoms with Gasteiger partial charge in [0.25, 0.3) is 0 Å². The molecule has 4 nitrogen and oxygen atoms in total. The second-order valence-corrected chi connectivity index (χ2v) is 7.64. The van der Waals surface area contributed by atoms with Gasteiger partial charge < -0.3 is 15.1 Å². The van der Waals surface area contributed by atoms with Gasteiger partial charge in [0.2, 0.25) is 0 Å². The lowest BCUT2D eigenvalue weighted by Crippen LogP contribution is -2.27. The van der Waals surface area contributed by atoms with Crippen molar-refractivity contribution in [2.24, 2.45) is 0 Å². The molecule has 0 aromatic heterocycles. The van der Waals surface area contributed by atoms with E-state index in [1.165, 1.54) is 23.9 Å². The SMILES string of the molecule is O=C(O)C1=C(SCCCc2ccc(F)cc2)N(Cc2cccc(O)c2)CC=C1. The van der Waals surface area contributed by atoms with Gasteiger partial charge in [-0.25, -0.2) is 9.18 Å². The van der Waals surface area contributed by atoms with Gasteiger partial charge in [0.05, 0.1) is 10.6 Å². The van der Waals surface area contributed by atoms with Crippen LogP contribution in [-0.4, -0.2) is 33.4 Å². The average Bonchev–Trinajstić information content (AvgIpc) is 2.67. The molecule has 0 amide bonds. The monoisotopic (exact) mass is 399 g/mol. The Kier molecular flexibility index (Phi) is 6.76. The molecule has 2 N–H and O–H groups in total. The van der Waals surface area contributed by atoms with Crippen LogP contribution in [-0.2, 0) is 17.8 Å². The van der Waals surface area contributed by atoms with E-state index in [-0.39, 0.29) is 17.1 Å². The zero-order chi connectivity index (χ0) is 19.9. The highest BCUT2D eigenvalue weighted by atomic mass is 32.2. The van der Waals surface area contributed by atoms with Gasteiger partial charge in [-0.1, -0.05) is 30.3 Å². The molecule has 146 valence electrons. The Hall–Kier alpha value is -2.73. The number of carboxylic acids is 1. The highest BCUT2D eigenvalue weighted by Crippen LogP contribution is 2.31. The molecule has 0 spiro atoms. The summed E-state index contributed by atoms with van der Waals surface area (Å²) in [5.41, 5.74) is 2.28. The van der Waals surface area contributed by atoms with Crippen molar-refractivity contribution in [3.8, 4) is 5.75 Å². The van der Waals surface area contributed by atoms with Gasteiger partial charge in [-0.15, -0.1) is 11.8 Å². The van der Waals surface area contributed by atoms with Crippen LogP contribution < -0.4 is 0 Å². The number of rotatable bonds is 8. The zero-order valence-corrected chi connectivity index (χ0v) is 16.2. The molecule has 3 rings (SSSR count). The highest BCUT2D eigenvalue weighted by Gasteiger charge is 2.21. The maximum absolute atomic E-state index is 13.0. The molecule has 1 heterocycles. The van der Waals surface area contributed by atoms with Gasteiger partial charge in [0.15, 0.2) is 0 Å². The molecule has 1 aliphatic heterocycles. The van der Waals surface area contributed by atoms with Crippen LogP contribution in [0.3, 0.4) is 0 Å². The van der Waals surface area contributed by atoms with Crippen LogP contribution in [0.25, 0.3) is 0 Å². The fourth-order valence-corrected chi connectivity index (χ4v) is 4.18. The van der Waals surface area contributed by atoms with Gasteiger partial charge in [0, 0.05) is 13.1 Å². The number of aryl methyl sites for hydroxylation is 1. The molecular formula is C22H22FNO3S. The Morgan fingerprint density at radius 2 is 1.93 bits per heavy atom. The van der Waals surface area contributed by atoms with E-state index < -0.39 is 5.97 Å². The Balaban J connectivity index is 1.66. The van der Waals surface area contributed by atoms with Crippen LogP contribution in [0.2, 0.25) is 0 Å². The smallest absolute Gasteiger partial charge is 0.338 e. The average molecular weight is 399 g/mol. The Morgan fingerprint density at radius 1 is 1.14 bits per heavy atom. The molecule has 28 heavy (non-hydrogen) atoms. The van der Waals surface area contributed by atoms with Crippen LogP contribution in [0.4, 0.5) is 4.39 Å². The van der Waals surface area contributed by atoms with Crippen LogP contribution in [0.1, 0.15) is 17.5 Å². The van der Waals surface area contributed by atoms with E-state index in [9.17, 15) is 19.4 Å². The van der Waals surface area contributed by atoms with Crippen molar-refractivity contribution >= 4 is 17.7 Å². The van der Waals surface area contributed by atoms with Crippen LogP contribution >= 0.6 is 11.8 Å². The lowest BCUT2D eigenvalue weighted by Gasteiger charge is -2.29. The van der Waals surface area contributed by atoms with E-state index in [0.717, 1.165) is 34.8 Å². The first-order valence-corrected chi connectivity index (χ1v) is 10.1. The Labute approximate surface area is 168 Å². The van der Waals surface area contributed by atoms with E-state index in [1.807, 2.05) is 17.0 Å². The van der Waals surface area contributed by atoms with Gasteiger partial charge in [-0.3, -0.25) is 0 Å². The third-order valence-corrected chi connectivity index (χ3v) is 5.65. The van der Waals surface area contributed by atoms with Crippen molar-refractivity contribution in [2.75, 3.05) is 12.3 Å². The first-order chi connectivity index (χ1) is 13.5. The quantitative estimate of drug-likeness (QED) is 0.637. The molecule has 0 saturated carbocycles. The summed E-state index contributed by atoms with van der Waals surface area (Å²) >= 11 is 1.52. The summed E-state index contributed by atoms with van der Waals surface area (Å²) in [6.07, 6.45) is 5.17. The largest absolute Gasteiger partial charge is 0.508 e. The van der Waals surface area contributed by atoms with Crippen molar-refractivity contribution in [3.05, 3.63) is 88.2 Å². The topological polar surface area (TPSA) is 60.8 Å². The summed E-state index contributed by atoms with van der Waals surface area (Å²) in [5.74, 6) is -0.238. The molecular weight excluding hydrogens is 377 g/mol. The van der Waals surface area contributed by atoms with Crippen molar-refractivity contribution in [1.82, 2.24) is 4.90 Å². The standard InChI is InChI=1S/C22H22FNO3S/c23-18-10-8-16(9-11-18)5-3-13-28-21-20(22(26)27)7-2-12-24(21)15-17-4-1-6-19(25)14-17/h1-2,4,6-11,14,25H,3,5,12-13,15H2,(H,26,27). The van der Waals surface area contributed by atoms with Crippen LogP contribution in [0.15, 0.2) is 71.3 Å². The Bertz CT molecular complexity index is 893. The predicted octanol–water partition coefficient (Wildman–Crippen LogP) is 4.57. The molecule has 2 aromatic carbocycles. The van der Waals surface area contributed by atoms with Crippen LogP contribution in [0, 0.1) is 5.82 Å². The van der Waals surface area contributed by atoms with Crippen molar-refractivity contribution in [3.63, 3.8) is 0 Å². The second-order valence-electron chi connectivity index (χ2n) is 6.56. The molecule has 0 fully saturated rings. The molecule has 0 unspecified atom stereocenters. The molecule has 1 aliphatic rings. The van der Waals surface area contributed by atoms with Crippen molar-refractivity contribution in [1.29, 1.82) is 0 Å². The lowest BCUT2D eigenvalue weighted by molar-refractivity contribution is -0.132. The molecule has 0 bridgehead atoms. The number of benzene rings is 2. The summed E-state index contributed by atoms with van der Waals surface area (Å²) in [5, 5.41) is 20.0. The normalized spacial score (nSPS) is 13.8. The summed E-state index contributed by atoms with van der Waals surface area (Å²) in [7, 11) is 0. The number of hydrogen-bond donors (Lipinski definition) is 2. The molecule has 0 aliphatic carbocycles. The molecule has 0 atom stereocenters. The Morgan fingerprint density at radius 3 is 2.64 bits per heavy atom. The van der Waals surface area contributed by atoms with Crippen molar-refractivity contribution < 1.29 is 19.4 Å². The minimum absolute atomic E-state index is 0.195. The predicted molar refractivity (Wildman–Crippen MR) is 109 cm³/mol. The first-order valence-electron chi connectivity index (χ1n) is 9.07. The number of phenolic OH excluding ortho intramolecular Hbond substituents is 1. The van der Waals surface area contributed by atoms with Gasteiger partial charge in [0.1, 0.15) is 11.6 Å². The number of halogens is 1. The number of aromatic hydroxyl groups is 1. The summed E-state index contributed by atoms with van der Waals surface area (Å²) in [6.45, 7) is 1.14. The van der Waals surface area contributed by atoms with Gasteiger partial charge in [-0.05, 0) is 60.1 Å². The van der Waals surface area contributed by atoms with Gasteiger partial charge in [-0.2, -0.15) is 0 Å². The third-order valence-electron chi connectivity index (χ3n) is 4.40. The molecule has 0 saturated heterocycles. The first kappa shape index (κ1) is 20.0. The molecule has 2 aromatic rings. The maximum atomic E-state index is 13.0. The number of aliphatic carboxylic acids is 1. The number of carboxylic acid groups (broad SMARTS) is 1. The third kappa shape index (κ3) is 5.39. The number of thioether (sulfide) groups is 1. The minimum atomic E-state index is -0.946. The summed E-state index contributed by atoms with van der Waals surface area (Å²) in [6, 6.07) is 13.5. The maximum Gasteiger partial charge on any atom is 0.338 e.